The molecule has 0 atom stereocenters. The van der Waals surface area contributed by atoms with Gasteiger partial charge in [0.1, 0.15) is 6.54 Å². The van der Waals surface area contributed by atoms with Crippen LogP contribution in [-0.4, -0.2) is 25.2 Å². The van der Waals surface area contributed by atoms with Crippen LogP contribution < -0.4 is 10.2 Å². The van der Waals surface area contributed by atoms with Crippen LogP contribution in [-0.2, 0) is 11.0 Å². The number of amides is 1. The fraction of sp³-hybridized carbons (Fsp3) is 0.222. The average Bonchev–Trinajstić information content (AvgIpc) is 2.59. The maximum atomic E-state index is 13.1. The van der Waals surface area contributed by atoms with Crippen molar-refractivity contribution in [2.45, 2.75) is 12.4 Å². The van der Waals surface area contributed by atoms with Crippen molar-refractivity contribution in [3.8, 4) is 0 Å². The normalized spacial score (nSPS) is 11.6. The number of benzene rings is 2. The number of halogens is 6. The van der Waals surface area contributed by atoms with Crippen LogP contribution in [0.1, 0.15) is 5.56 Å². The Hall–Kier alpha value is -3.22. The molecule has 4 nitrogen and oxygen atoms in total. The zero-order valence-electron chi connectivity index (χ0n) is 14.1. The van der Waals surface area contributed by atoms with Crippen LogP contribution in [0.2, 0.25) is 0 Å². The molecular formula is C18H13F6N3O. The van der Waals surface area contributed by atoms with Gasteiger partial charge in [-0.15, -0.1) is 0 Å². The molecule has 0 aliphatic heterocycles. The summed E-state index contributed by atoms with van der Waals surface area (Å²) in [7, 11) is 0. The van der Waals surface area contributed by atoms with Crippen molar-refractivity contribution in [2.75, 3.05) is 23.3 Å². The summed E-state index contributed by atoms with van der Waals surface area (Å²) in [5.74, 6) is -0.835. The van der Waals surface area contributed by atoms with Crippen molar-refractivity contribution in [1.82, 2.24) is 0 Å². The van der Waals surface area contributed by atoms with Crippen LogP contribution in [0.4, 0.5) is 43.4 Å². The van der Waals surface area contributed by atoms with Crippen molar-refractivity contribution in [3.05, 3.63) is 65.5 Å². The molecule has 10 heteroatoms. The van der Waals surface area contributed by atoms with Crippen molar-refractivity contribution < 1.29 is 31.1 Å². The van der Waals surface area contributed by atoms with Gasteiger partial charge in [-0.05, 0) is 24.3 Å². The molecule has 148 valence electrons. The first kappa shape index (κ1) is 21.1. The monoisotopic (exact) mass is 401 g/mol. The second-order valence-corrected chi connectivity index (χ2v) is 5.70. The third-order valence-corrected chi connectivity index (χ3v) is 3.53. The number of carbonyl (C=O) groups is 1. The Bertz CT molecular complexity index is 872. The average molecular weight is 401 g/mol. The van der Waals surface area contributed by atoms with Gasteiger partial charge in [-0.3, -0.25) is 4.79 Å². The third kappa shape index (κ3) is 5.90. The van der Waals surface area contributed by atoms with Crippen molar-refractivity contribution >= 4 is 23.0 Å². The number of hydrogen-bond acceptors (Lipinski definition) is 2. The van der Waals surface area contributed by atoms with E-state index in [0.29, 0.717) is 16.7 Å². The number of para-hydroxylation sites is 1. The van der Waals surface area contributed by atoms with Gasteiger partial charge in [0, 0.05) is 11.4 Å². The van der Waals surface area contributed by atoms with E-state index in [1.807, 2.05) is 0 Å². The lowest BCUT2D eigenvalue weighted by molar-refractivity contribution is -0.136. The van der Waals surface area contributed by atoms with Gasteiger partial charge in [0.05, 0.1) is 18.7 Å². The van der Waals surface area contributed by atoms with E-state index in [9.17, 15) is 31.1 Å². The van der Waals surface area contributed by atoms with Crippen molar-refractivity contribution in [2.24, 2.45) is 0 Å². The SMILES string of the molecule is [C-]#[N+]c1ccc(N(CC(=O)Nc2ccccc2)CC(F)(F)F)cc1C(F)(F)F. The number of anilines is 2. The van der Waals surface area contributed by atoms with E-state index < -0.39 is 48.3 Å². The minimum Gasteiger partial charge on any atom is -0.353 e. The van der Waals surface area contributed by atoms with Crippen LogP contribution in [0.15, 0.2) is 48.5 Å². The molecule has 2 aromatic carbocycles. The van der Waals surface area contributed by atoms with E-state index >= 15 is 0 Å². The lowest BCUT2D eigenvalue weighted by Crippen LogP contribution is -2.40. The van der Waals surface area contributed by atoms with Crippen LogP contribution in [0.5, 0.6) is 0 Å². The minimum absolute atomic E-state index is 0.332. The summed E-state index contributed by atoms with van der Waals surface area (Å²) >= 11 is 0. The molecule has 1 N–H and O–H groups in total. The molecule has 0 radical (unpaired) electrons. The Morgan fingerprint density at radius 3 is 2.21 bits per heavy atom. The van der Waals surface area contributed by atoms with E-state index in [2.05, 4.69) is 10.2 Å². The van der Waals surface area contributed by atoms with Gasteiger partial charge in [0.15, 0.2) is 5.69 Å². The number of alkyl halides is 6. The predicted octanol–water partition coefficient (Wildman–Crippen LogP) is 5.26. The maximum Gasteiger partial charge on any atom is 0.407 e. The fourth-order valence-electron chi connectivity index (χ4n) is 2.40. The third-order valence-electron chi connectivity index (χ3n) is 3.53. The molecule has 1 amide bonds. The van der Waals surface area contributed by atoms with Crippen LogP contribution >= 0.6 is 0 Å². The summed E-state index contributed by atoms with van der Waals surface area (Å²) in [6, 6.07) is 10.1. The largest absolute Gasteiger partial charge is 0.407 e. The number of nitrogens with zero attached hydrogens (tertiary/aromatic N) is 2. The summed E-state index contributed by atoms with van der Waals surface area (Å²) in [6.07, 6.45) is -9.68. The second-order valence-electron chi connectivity index (χ2n) is 5.70. The molecule has 0 fully saturated rings. The summed E-state index contributed by atoms with van der Waals surface area (Å²) in [4.78, 5) is 15.3. The van der Waals surface area contributed by atoms with Gasteiger partial charge in [-0.1, -0.05) is 24.3 Å². The molecule has 0 aliphatic carbocycles. The van der Waals surface area contributed by atoms with E-state index in [0.717, 1.165) is 12.1 Å². The highest BCUT2D eigenvalue weighted by Gasteiger charge is 2.36. The van der Waals surface area contributed by atoms with E-state index in [-0.39, 0.29) is 0 Å². The first-order chi connectivity index (χ1) is 13.0. The van der Waals surface area contributed by atoms with Gasteiger partial charge in [0.25, 0.3) is 0 Å². The van der Waals surface area contributed by atoms with Gasteiger partial charge < -0.3 is 10.2 Å². The molecule has 0 aliphatic rings. The van der Waals surface area contributed by atoms with E-state index in [4.69, 9.17) is 6.57 Å². The number of carbonyl (C=O) groups excluding carboxylic acids is 1. The van der Waals surface area contributed by atoms with E-state index in [1.165, 1.54) is 12.1 Å². The topological polar surface area (TPSA) is 36.7 Å². The highest BCUT2D eigenvalue weighted by molar-refractivity contribution is 5.94. The van der Waals surface area contributed by atoms with Gasteiger partial charge in [-0.25, -0.2) is 4.85 Å². The Morgan fingerprint density at radius 1 is 1.04 bits per heavy atom. The second kappa shape index (κ2) is 8.21. The molecule has 0 spiro atoms. The van der Waals surface area contributed by atoms with Crippen LogP contribution in [0.3, 0.4) is 0 Å². The van der Waals surface area contributed by atoms with Gasteiger partial charge in [0.2, 0.25) is 5.91 Å². The molecule has 0 saturated heterocycles. The standard InChI is InChI=1S/C18H13F6N3O/c1-25-15-8-7-13(9-14(15)18(22,23)24)27(11-17(19,20)21)10-16(28)26-12-5-3-2-4-6-12/h2-9H,10-11H2,(H,26,28). The highest BCUT2D eigenvalue weighted by Crippen LogP contribution is 2.39. The van der Waals surface area contributed by atoms with E-state index in [1.54, 1.807) is 18.2 Å². The summed E-state index contributed by atoms with van der Waals surface area (Å²) in [5, 5.41) is 2.38. The first-order valence-electron chi connectivity index (χ1n) is 7.75. The lowest BCUT2D eigenvalue weighted by Gasteiger charge is -2.26. The molecule has 0 heterocycles. The Balaban J connectivity index is 2.33. The van der Waals surface area contributed by atoms with Crippen molar-refractivity contribution in [3.63, 3.8) is 0 Å². The first-order valence-corrected chi connectivity index (χ1v) is 7.75. The summed E-state index contributed by atoms with van der Waals surface area (Å²) in [6.45, 7) is 4.33. The zero-order chi connectivity index (χ0) is 20.9. The molecule has 0 unspecified atom stereocenters. The molecule has 0 aromatic heterocycles. The quantitative estimate of drug-likeness (QED) is 0.548. The molecule has 0 bridgehead atoms. The lowest BCUT2D eigenvalue weighted by atomic mass is 10.1. The molecule has 0 saturated carbocycles. The van der Waals surface area contributed by atoms with Crippen molar-refractivity contribution in [1.29, 1.82) is 0 Å². The highest BCUT2D eigenvalue weighted by atomic mass is 19.4. The summed E-state index contributed by atoms with van der Waals surface area (Å²) in [5.41, 5.74) is -2.24. The Labute approximate surface area is 156 Å². The minimum atomic E-state index is -4.92. The molecule has 28 heavy (non-hydrogen) atoms. The van der Waals surface area contributed by atoms with Crippen LogP contribution in [0.25, 0.3) is 4.85 Å². The number of rotatable bonds is 5. The predicted molar refractivity (Wildman–Crippen MR) is 91.0 cm³/mol. The zero-order valence-corrected chi connectivity index (χ0v) is 14.1. The Morgan fingerprint density at radius 2 is 1.68 bits per heavy atom. The molecule has 2 rings (SSSR count). The van der Waals surface area contributed by atoms with Gasteiger partial charge in [-0.2, -0.15) is 26.3 Å². The van der Waals surface area contributed by atoms with Gasteiger partial charge >= 0.3 is 12.4 Å². The number of nitrogens with one attached hydrogen (secondary N) is 1. The summed E-state index contributed by atoms with van der Waals surface area (Å²) < 4.78 is 78.0. The smallest absolute Gasteiger partial charge is 0.353 e. The van der Waals surface area contributed by atoms with Crippen LogP contribution in [0, 0.1) is 6.57 Å². The molecular weight excluding hydrogens is 388 g/mol. The molecule has 2 aromatic rings. The fourth-order valence-corrected chi connectivity index (χ4v) is 2.40. The maximum absolute atomic E-state index is 13.1. The Kier molecular flexibility index (Phi) is 6.18. The number of hydrogen-bond donors (Lipinski definition) is 1.